The number of hydrogen-bond donors (Lipinski definition) is 1. The first-order valence-electron chi connectivity index (χ1n) is 10.7. The first-order chi connectivity index (χ1) is 17.2. The van der Waals surface area contributed by atoms with Crippen molar-refractivity contribution in [3.05, 3.63) is 97.0 Å². The van der Waals surface area contributed by atoms with Crippen LogP contribution in [0.5, 0.6) is 5.75 Å². The number of nitrogens with zero attached hydrogens (tertiary/aromatic N) is 2. The van der Waals surface area contributed by atoms with Crippen molar-refractivity contribution in [1.29, 1.82) is 0 Å². The normalized spacial score (nSPS) is 15.7. The lowest BCUT2D eigenvalue weighted by Gasteiger charge is -2.12. The fourth-order valence-corrected chi connectivity index (χ4v) is 5.86. The third-order valence-corrected chi connectivity index (χ3v) is 7.34. The van der Waals surface area contributed by atoms with Gasteiger partial charge >= 0.3 is 5.97 Å². The summed E-state index contributed by atoms with van der Waals surface area (Å²) < 4.78 is 20.5. The molecule has 184 valence electrons. The minimum atomic E-state index is -0.979. The highest BCUT2D eigenvalue weighted by Gasteiger charge is 2.32. The number of carboxylic acids is 1. The molecule has 1 amide bonds. The van der Waals surface area contributed by atoms with Gasteiger partial charge in [-0.3, -0.25) is 9.69 Å². The first kappa shape index (κ1) is 26.1. The Balaban J connectivity index is 1.52. The van der Waals surface area contributed by atoms with Crippen LogP contribution in [0.3, 0.4) is 0 Å². The standard InChI is InChI=1S/C26H19Br2FN2O4S/c1-2-31-24(32)22(36-26(31)30-19-9-7-18(29)8-10-19)13-16-11-20(27)23(21(28)12-16)35-14-15-3-5-17(6-4-15)25(33)34/h3-13H,2,14H2,1H3,(H,33,34)/b22-13+,30-26?. The number of aromatic carboxylic acids is 1. The first-order valence-corrected chi connectivity index (χ1v) is 13.1. The molecule has 36 heavy (non-hydrogen) atoms. The molecule has 3 aromatic rings. The number of hydrogen-bond acceptors (Lipinski definition) is 5. The van der Waals surface area contributed by atoms with Gasteiger partial charge in [0.05, 0.1) is 25.1 Å². The molecule has 0 spiro atoms. The molecule has 1 aliphatic rings. The molecule has 1 aliphatic heterocycles. The predicted octanol–water partition coefficient (Wildman–Crippen LogP) is 7.25. The van der Waals surface area contributed by atoms with Gasteiger partial charge in [0.25, 0.3) is 5.91 Å². The molecule has 3 aromatic carbocycles. The Labute approximate surface area is 228 Å². The Bertz CT molecular complexity index is 1350. The van der Waals surface area contributed by atoms with Gasteiger partial charge in [-0.05, 0) is 116 Å². The van der Waals surface area contributed by atoms with Crippen molar-refractivity contribution in [2.45, 2.75) is 13.5 Å². The topological polar surface area (TPSA) is 79.2 Å². The second-order valence-electron chi connectivity index (χ2n) is 7.64. The fraction of sp³-hybridized carbons (Fsp3) is 0.115. The van der Waals surface area contributed by atoms with Gasteiger partial charge in [0.1, 0.15) is 18.2 Å². The van der Waals surface area contributed by atoms with E-state index in [-0.39, 0.29) is 23.9 Å². The van der Waals surface area contributed by atoms with E-state index in [0.717, 1.165) is 11.1 Å². The number of carboxylic acid groups (broad SMARTS) is 1. The molecule has 0 atom stereocenters. The summed E-state index contributed by atoms with van der Waals surface area (Å²) in [5.74, 6) is -0.895. The van der Waals surface area contributed by atoms with Gasteiger partial charge in [-0.1, -0.05) is 12.1 Å². The largest absolute Gasteiger partial charge is 0.487 e. The number of amidine groups is 1. The van der Waals surface area contributed by atoms with Crippen LogP contribution in [0, 0.1) is 5.82 Å². The minimum absolute atomic E-state index is 0.152. The number of rotatable bonds is 7. The number of thioether (sulfide) groups is 1. The number of halogens is 3. The number of aliphatic imine (C=N–C) groups is 1. The molecule has 0 aliphatic carbocycles. The molecule has 4 rings (SSSR count). The maximum atomic E-state index is 13.2. The van der Waals surface area contributed by atoms with Crippen LogP contribution in [0.1, 0.15) is 28.4 Å². The van der Waals surface area contributed by atoms with E-state index in [4.69, 9.17) is 9.84 Å². The monoisotopic (exact) mass is 632 g/mol. The van der Waals surface area contributed by atoms with Gasteiger partial charge in [0, 0.05) is 6.54 Å². The molecule has 0 saturated carbocycles. The van der Waals surface area contributed by atoms with E-state index in [1.165, 1.54) is 36.0 Å². The molecule has 0 bridgehead atoms. The van der Waals surface area contributed by atoms with Crippen LogP contribution in [0.15, 0.2) is 79.5 Å². The van der Waals surface area contributed by atoms with E-state index in [9.17, 15) is 14.0 Å². The maximum Gasteiger partial charge on any atom is 0.335 e. The van der Waals surface area contributed by atoms with Gasteiger partial charge < -0.3 is 9.84 Å². The lowest BCUT2D eigenvalue weighted by atomic mass is 10.1. The molecule has 0 unspecified atom stereocenters. The van der Waals surface area contributed by atoms with E-state index < -0.39 is 5.97 Å². The average molecular weight is 634 g/mol. The minimum Gasteiger partial charge on any atom is -0.487 e. The maximum absolute atomic E-state index is 13.2. The van der Waals surface area contributed by atoms with Crippen LogP contribution in [0.4, 0.5) is 10.1 Å². The number of ether oxygens (including phenoxy) is 1. The zero-order valence-electron chi connectivity index (χ0n) is 18.9. The van der Waals surface area contributed by atoms with E-state index in [1.807, 2.05) is 19.1 Å². The smallest absolute Gasteiger partial charge is 0.335 e. The molecule has 6 nitrogen and oxygen atoms in total. The summed E-state index contributed by atoms with van der Waals surface area (Å²) >= 11 is 8.33. The molecule has 1 N–H and O–H groups in total. The summed E-state index contributed by atoms with van der Waals surface area (Å²) in [6.07, 6.45) is 1.78. The average Bonchev–Trinajstić information content (AvgIpc) is 3.13. The summed E-state index contributed by atoms with van der Waals surface area (Å²) in [6, 6.07) is 16.0. The summed E-state index contributed by atoms with van der Waals surface area (Å²) in [4.78, 5) is 30.6. The van der Waals surface area contributed by atoms with Crippen molar-refractivity contribution in [1.82, 2.24) is 4.90 Å². The number of carbonyl (C=O) groups excluding carboxylic acids is 1. The number of carbonyl (C=O) groups is 2. The molecule has 1 heterocycles. The summed E-state index contributed by atoms with van der Waals surface area (Å²) in [5, 5.41) is 9.56. The van der Waals surface area contributed by atoms with Crippen LogP contribution >= 0.6 is 43.6 Å². The highest BCUT2D eigenvalue weighted by molar-refractivity contribution is 9.11. The molecular formula is C26H19Br2FN2O4S. The van der Waals surface area contributed by atoms with Crippen molar-refractivity contribution in [3.8, 4) is 5.75 Å². The molecule has 0 radical (unpaired) electrons. The Morgan fingerprint density at radius 1 is 1.11 bits per heavy atom. The van der Waals surface area contributed by atoms with Gasteiger partial charge in [-0.25, -0.2) is 14.2 Å². The Morgan fingerprint density at radius 2 is 1.75 bits per heavy atom. The van der Waals surface area contributed by atoms with Crippen LogP contribution in [0.2, 0.25) is 0 Å². The van der Waals surface area contributed by atoms with Crippen molar-refractivity contribution in [3.63, 3.8) is 0 Å². The quantitative estimate of drug-likeness (QED) is 0.277. The molecule has 0 aromatic heterocycles. The number of likely N-dealkylation sites (N-methyl/N-ethyl adjacent to an activating group) is 1. The van der Waals surface area contributed by atoms with Crippen molar-refractivity contribution >= 4 is 72.4 Å². The summed E-state index contributed by atoms with van der Waals surface area (Å²) in [5.41, 5.74) is 2.38. The highest BCUT2D eigenvalue weighted by atomic mass is 79.9. The summed E-state index contributed by atoms with van der Waals surface area (Å²) in [6.45, 7) is 2.58. The van der Waals surface area contributed by atoms with Crippen molar-refractivity contribution in [2.24, 2.45) is 4.99 Å². The zero-order valence-corrected chi connectivity index (χ0v) is 22.9. The summed E-state index contributed by atoms with van der Waals surface area (Å²) in [7, 11) is 0. The molecule has 1 fully saturated rings. The number of benzene rings is 3. The van der Waals surface area contributed by atoms with Crippen LogP contribution in [-0.2, 0) is 11.4 Å². The molecule has 1 saturated heterocycles. The fourth-order valence-electron chi connectivity index (χ4n) is 3.35. The molecular weight excluding hydrogens is 615 g/mol. The zero-order chi connectivity index (χ0) is 25.8. The van der Waals surface area contributed by atoms with Gasteiger partial charge in [-0.2, -0.15) is 0 Å². The third-order valence-electron chi connectivity index (χ3n) is 5.16. The van der Waals surface area contributed by atoms with Gasteiger partial charge in [0.15, 0.2) is 5.17 Å². The van der Waals surface area contributed by atoms with Crippen molar-refractivity contribution < 1.29 is 23.8 Å². The number of amides is 1. The van der Waals surface area contributed by atoms with Crippen molar-refractivity contribution in [2.75, 3.05) is 6.54 Å². The van der Waals surface area contributed by atoms with Crippen LogP contribution in [0.25, 0.3) is 6.08 Å². The Morgan fingerprint density at radius 3 is 2.33 bits per heavy atom. The third kappa shape index (κ3) is 6.05. The lowest BCUT2D eigenvalue weighted by molar-refractivity contribution is -0.122. The highest BCUT2D eigenvalue weighted by Crippen LogP contribution is 2.38. The van der Waals surface area contributed by atoms with Crippen LogP contribution in [-0.4, -0.2) is 33.6 Å². The molecule has 10 heteroatoms. The van der Waals surface area contributed by atoms with E-state index in [0.29, 0.717) is 37.0 Å². The van der Waals surface area contributed by atoms with E-state index >= 15 is 0 Å². The van der Waals surface area contributed by atoms with E-state index in [2.05, 4.69) is 36.9 Å². The Kier molecular flexibility index (Phi) is 8.28. The van der Waals surface area contributed by atoms with Crippen LogP contribution < -0.4 is 4.74 Å². The Hall–Kier alpha value is -2.95. The van der Waals surface area contributed by atoms with E-state index in [1.54, 1.807) is 35.2 Å². The van der Waals surface area contributed by atoms with Gasteiger partial charge in [0.2, 0.25) is 0 Å². The predicted molar refractivity (Wildman–Crippen MR) is 146 cm³/mol. The second-order valence-corrected chi connectivity index (χ2v) is 10.4. The lowest BCUT2D eigenvalue weighted by Crippen LogP contribution is -2.28. The SMILES string of the molecule is CCN1C(=O)/C(=C\c2cc(Br)c(OCc3ccc(C(=O)O)cc3)c(Br)c2)SC1=Nc1ccc(F)cc1. The second kappa shape index (κ2) is 11.4. The van der Waals surface area contributed by atoms with Gasteiger partial charge in [-0.15, -0.1) is 0 Å².